The highest BCUT2D eigenvalue weighted by atomic mass is 32.2. The van der Waals surface area contributed by atoms with E-state index in [-0.39, 0.29) is 5.92 Å². The number of carbonyl (C=O) groups is 2. The maximum atomic E-state index is 12.1. The number of nitrogens with two attached hydrogens (primary N) is 1. The average molecular weight is 320 g/mol. The quantitative estimate of drug-likeness (QED) is 0.793. The largest absolute Gasteiger partial charge is 0.351 e. The van der Waals surface area contributed by atoms with Crippen LogP contribution in [0.25, 0.3) is 5.69 Å². The van der Waals surface area contributed by atoms with Gasteiger partial charge in [0, 0.05) is 0 Å². The number of nitrogens with one attached hydrogen (secondary N) is 1. The summed E-state index contributed by atoms with van der Waals surface area (Å²) in [5.41, 5.74) is 5.79. The van der Waals surface area contributed by atoms with Crippen LogP contribution in [0.3, 0.4) is 0 Å². The molecule has 8 nitrogen and oxygen atoms in total. The van der Waals surface area contributed by atoms with Crippen LogP contribution in [0.4, 0.5) is 4.79 Å². The van der Waals surface area contributed by atoms with E-state index >= 15 is 0 Å². The van der Waals surface area contributed by atoms with Crippen molar-refractivity contribution in [3.05, 3.63) is 30.3 Å². The minimum Gasteiger partial charge on any atom is -0.351 e. The van der Waals surface area contributed by atoms with Gasteiger partial charge in [-0.15, -0.1) is 5.10 Å². The number of benzene rings is 1. The van der Waals surface area contributed by atoms with E-state index < -0.39 is 17.2 Å². The number of nitrogens with zero attached hydrogens (tertiary/aromatic N) is 4. The molecule has 0 fully saturated rings. The lowest BCUT2D eigenvalue weighted by Crippen LogP contribution is -2.42. The van der Waals surface area contributed by atoms with Crippen LogP contribution in [0.5, 0.6) is 0 Å². The molecule has 3 N–H and O–H groups in total. The number of primary amides is 1. The molecular formula is C13H16N6O2S. The molecular weight excluding hydrogens is 304 g/mol. The Morgan fingerprint density at radius 2 is 1.95 bits per heavy atom. The van der Waals surface area contributed by atoms with Crippen molar-refractivity contribution in [3.8, 4) is 5.69 Å². The Balaban J connectivity index is 2.23. The van der Waals surface area contributed by atoms with Crippen molar-refractivity contribution in [3.63, 3.8) is 0 Å². The van der Waals surface area contributed by atoms with Crippen molar-refractivity contribution in [2.45, 2.75) is 24.3 Å². The average Bonchev–Trinajstić information content (AvgIpc) is 2.92. The number of tetrazole rings is 1. The van der Waals surface area contributed by atoms with E-state index in [2.05, 4.69) is 20.8 Å². The molecule has 0 bridgehead atoms. The first-order valence-corrected chi connectivity index (χ1v) is 7.47. The van der Waals surface area contributed by atoms with Crippen LogP contribution in [0.1, 0.15) is 13.8 Å². The fourth-order valence-electron chi connectivity index (χ4n) is 1.78. The van der Waals surface area contributed by atoms with Crippen molar-refractivity contribution in [2.24, 2.45) is 11.7 Å². The Labute approximate surface area is 131 Å². The summed E-state index contributed by atoms with van der Waals surface area (Å²) in [5, 5.41) is 13.5. The first kappa shape index (κ1) is 16.0. The number of urea groups is 1. The summed E-state index contributed by atoms with van der Waals surface area (Å²) < 4.78 is 1.54. The predicted molar refractivity (Wildman–Crippen MR) is 81.4 cm³/mol. The molecule has 0 spiro atoms. The number of hydrogen-bond acceptors (Lipinski definition) is 6. The van der Waals surface area contributed by atoms with Crippen molar-refractivity contribution in [1.82, 2.24) is 25.5 Å². The highest BCUT2D eigenvalue weighted by Crippen LogP contribution is 2.27. The Kier molecular flexibility index (Phi) is 5.10. The van der Waals surface area contributed by atoms with Gasteiger partial charge >= 0.3 is 6.03 Å². The second-order valence-electron chi connectivity index (χ2n) is 4.84. The zero-order valence-electron chi connectivity index (χ0n) is 12.1. The summed E-state index contributed by atoms with van der Waals surface area (Å²) in [4.78, 5) is 22.9. The van der Waals surface area contributed by atoms with Crippen LogP contribution < -0.4 is 11.1 Å². The van der Waals surface area contributed by atoms with Crippen molar-refractivity contribution < 1.29 is 9.59 Å². The van der Waals surface area contributed by atoms with Crippen LogP contribution in [-0.4, -0.2) is 37.4 Å². The standard InChI is InChI=1S/C13H16N6O2S/c1-8(2)10(11(20)15-12(14)21)22-13-16-17-18-19(13)9-6-4-3-5-7-9/h3-8,10H,1-2H3,(H3,14,15,20,21)/t10-/m1/s1. The zero-order valence-corrected chi connectivity index (χ0v) is 12.9. The molecule has 2 rings (SSSR count). The number of amides is 3. The molecule has 2 aromatic rings. The van der Waals surface area contributed by atoms with E-state index in [9.17, 15) is 9.59 Å². The molecule has 0 saturated heterocycles. The summed E-state index contributed by atoms with van der Waals surface area (Å²) in [7, 11) is 0. The van der Waals surface area contributed by atoms with Gasteiger partial charge in [0.2, 0.25) is 11.1 Å². The third-order valence-electron chi connectivity index (χ3n) is 2.78. The van der Waals surface area contributed by atoms with Crippen molar-refractivity contribution >= 4 is 23.7 Å². The van der Waals surface area contributed by atoms with Crippen molar-refractivity contribution in [1.29, 1.82) is 0 Å². The van der Waals surface area contributed by atoms with Gasteiger partial charge in [0.05, 0.1) is 10.9 Å². The number of aromatic nitrogens is 4. The van der Waals surface area contributed by atoms with Crippen LogP contribution in [0.2, 0.25) is 0 Å². The van der Waals surface area contributed by atoms with Crippen LogP contribution in [0, 0.1) is 5.92 Å². The molecule has 0 radical (unpaired) electrons. The molecule has 0 saturated carbocycles. The highest BCUT2D eigenvalue weighted by Gasteiger charge is 2.27. The molecule has 1 heterocycles. The van der Waals surface area contributed by atoms with Gasteiger partial charge in [-0.05, 0) is 28.5 Å². The monoisotopic (exact) mass is 320 g/mol. The van der Waals surface area contributed by atoms with Gasteiger partial charge < -0.3 is 5.73 Å². The van der Waals surface area contributed by atoms with Crippen LogP contribution in [0.15, 0.2) is 35.5 Å². The molecule has 0 unspecified atom stereocenters. The number of rotatable bonds is 5. The van der Waals surface area contributed by atoms with E-state index in [4.69, 9.17) is 5.73 Å². The number of thioether (sulfide) groups is 1. The minimum atomic E-state index is -0.876. The summed E-state index contributed by atoms with van der Waals surface area (Å²) in [6.07, 6.45) is 0. The van der Waals surface area contributed by atoms with E-state index in [1.165, 1.54) is 16.4 Å². The number of imide groups is 1. The number of hydrogen-bond donors (Lipinski definition) is 2. The molecule has 0 aliphatic heterocycles. The van der Waals surface area contributed by atoms with E-state index in [1.54, 1.807) is 0 Å². The molecule has 9 heteroatoms. The van der Waals surface area contributed by atoms with Crippen molar-refractivity contribution in [2.75, 3.05) is 0 Å². The molecule has 1 aromatic heterocycles. The summed E-state index contributed by atoms with van der Waals surface area (Å²) in [6.45, 7) is 3.74. The third-order valence-corrected chi connectivity index (χ3v) is 4.26. The fourth-order valence-corrected chi connectivity index (χ4v) is 2.77. The normalized spacial score (nSPS) is 12.1. The lowest BCUT2D eigenvalue weighted by Gasteiger charge is -2.17. The predicted octanol–water partition coefficient (Wildman–Crippen LogP) is 0.974. The number of para-hydroxylation sites is 1. The Hall–Kier alpha value is -2.42. The van der Waals surface area contributed by atoms with Crippen LogP contribution in [-0.2, 0) is 4.79 Å². The molecule has 3 amide bonds. The Bertz CT molecular complexity index is 658. The van der Waals surface area contributed by atoms with E-state index in [0.29, 0.717) is 5.16 Å². The molecule has 1 aromatic carbocycles. The highest BCUT2D eigenvalue weighted by molar-refractivity contribution is 8.00. The molecule has 0 aliphatic carbocycles. The molecule has 0 aliphatic rings. The van der Waals surface area contributed by atoms with Gasteiger partial charge in [-0.2, -0.15) is 4.68 Å². The second-order valence-corrected chi connectivity index (χ2v) is 5.95. The number of carbonyl (C=O) groups excluding carboxylic acids is 2. The lowest BCUT2D eigenvalue weighted by atomic mass is 10.1. The first-order chi connectivity index (χ1) is 10.5. The van der Waals surface area contributed by atoms with Gasteiger partial charge in [0.1, 0.15) is 0 Å². The van der Waals surface area contributed by atoms with Gasteiger partial charge in [0.15, 0.2) is 0 Å². The molecule has 1 atom stereocenters. The minimum absolute atomic E-state index is 0.0368. The topological polar surface area (TPSA) is 116 Å². The van der Waals surface area contributed by atoms with Gasteiger partial charge in [-0.25, -0.2) is 4.79 Å². The fraction of sp³-hybridized carbons (Fsp3) is 0.308. The second kappa shape index (κ2) is 7.03. The van der Waals surface area contributed by atoms with Gasteiger partial charge in [0.25, 0.3) is 0 Å². The van der Waals surface area contributed by atoms with Gasteiger partial charge in [-0.3, -0.25) is 10.1 Å². The SMILES string of the molecule is CC(C)[C@@H](Sc1nnnn1-c1ccccc1)C(=O)NC(N)=O. The molecule has 22 heavy (non-hydrogen) atoms. The Morgan fingerprint density at radius 1 is 1.27 bits per heavy atom. The zero-order chi connectivity index (χ0) is 16.1. The lowest BCUT2D eigenvalue weighted by molar-refractivity contribution is -0.120. The van der Waals surface area contributed by atoms with Gasteiger partial charge in [-0.1, -0.05) is 43.8 Å². The first-order valence-electron chi connectivity index (χ1n) is 6.59. The summed E-state index contributed by atoms with van der Waals surface area (Å²) >= 11 is 1.18. The Morgan fingerprint density at radius 3 is 2.55 bits per heavy atom. The maximum absolute atomic E-state index is 12.1. The maximum Gasteiger partial charge on any atom is 0.318 e. The summed E-state index contributed by atoms with van der Waals surface area (Å²) in [6, 6.07) is 8.45. The summed E-state index contributed by atoms with van der Waals surface area (Å²) in [5.74, 6) is -0.500. The molecule has 116 valence electrons. The van der Waals surface area contributed by atoms with E-state index in [1.807, 2.05) is 44.2 Å². The van der Waals surface area contributed by atoms with Crippen LogP contribution >= 0.6 is 11.8 Å². The smallest absolute Gasteiger partial charge is 0.318 e. The third kappa shape index (κ3) is 3.82. The van der Waals surface area contributed by atoms with E-state index in [0.717, 1.165) is 5.69 Å².